The van der Waals surface area contributed by atoms with E-state index >= 15 is 0 Å². The molecule has 0 aromatic heterocycles. The van der Waals surface area contributed by atoms with Gasteiger partial charge in [0.15, 0.2) is 0 Å². The van der Waals surface area contributed by atoms with Gasteiger partial charge >= 0.3 is 0 Å². The number of fused-ring (bicyclic) bond motifs is 1. The molecule has 2 N–H and O–H groups in total. The summed E-state index contributed by atoms with van der Waals surface area (Å²) in [7, 11) is 0. The molecule has 1 atom stereocenters. The molecule has 0 spiro atoms. The number of carbonyl (C=O) groups excluding carboxylic acids is 1. The highest BCUT2D eigenvalue weighted by molar-refractivity contribution is 7.99. The lowest BCUT2D eigenvalue weighted by atomic mass is 10.0. The molecule has 0 saturated carbocycles. The fraction of sp³-hybridized carbons (Fsp3) is 0.188. The van der Waals surface area contributed by atoms with Crippen molar-refractivity contribution in [3.05, 3.63) is 58.6 Å². The Morgan fingerprint density at radius 1 is 1.29 bits per heavy atom. The normalized spacial score (nSPS) is 17.1. The average Bonchev–Trinajstić information content (AvgIpc) is 2.48. The fourth-order valence-electron chi connectivity index (χ4n) is 2.42. The Kier molecular flexibility index (Phi) is 4.08. The number of hydrogen-bond donors (Lipinski definition) is 2. The number of nitrogens with one attached hydrogen (secondary N) is 1. The molecule has 0 fully saturated rings. The number of benzene rings is 2. The monoisotopic (exact) mass is 319 g/mol. The number of rotatable bonds is 2. The van der Waals surface area contributed by atoms with Crippen LogP contribution >= 0.6 is 23.4 Å². The lowest BCUT2D eigenvalue weighted by molar-refractivity contribution is 0.0932. The van der Waals surface area contributed by atoms with E-state index in [2.05, 4.69) is 5.32 Å². The molecule has 1 aliphatic rings. The van der Waals surface area contributed by atoms with Gasteiger partial charge in [0, 0.05) is 15.7 Å². The van der Waals surface area contributed by atoms with Crippen LogP contribution in [-0.2, 0) is 0 Å². The van der Waals surface area contributed by atoms with Gasteiger partial charge in [-0.2, -0.15) is 0 Å². The van der Waals surface area contributed by atoms with Gasteiger partial charge in [0.05, 0.1) is 11.6 Å². The number of phenols is 1. The van der Waals surface area contributed by atoms with E-state index in [0.717, 1.165) is 22.6 Å². The Morgan fingerprint density at radius 3 is 2.90 bits per heavy atom. The molecule has 5 heteroatoms. The van der Waals surface area contributed by atoms with Crippen LogP contribution in [0.5, 0.6) is 5.75 Å². The standard InChI is InChI=1S/C16H14ClNO2S/c17-10-5-6-15-12(9-10)13(7-8-21-15)18-16(20)11-3-1-2-4-14(11)19/h1-6,9,13,19H,7-8H2,(H,18,20). The van der Waals surface area contributed by atoms with E-state index in [-0.39, 0.29) is 17.7 Å². The lowest BCUT2D eigenvalue weighted by Crippen LogP contribution is -2.30. The average molecular weight is 320 g/mol. The molecule has 3 rings (SSSR count). The number of thioether (sulfide) groups is 1. The van der Waals surface area contributed by atoms with Gasteiger partial charge in [0.1, 0.15) is 5.75 Å². The van der Waals surface area contributed by atoms with Crippen LogP contribution < -0.4 is 5.32 Å². The van der Waals surface area contributed by atoms with Gasteiger partial charge in [-0.15, -0.1) is 11.8 Å². The highest BCUT2D eigenvalue weighted by Crippen LogP contribution is 2.37. The summed E-state index contributed by atoms with van der Waals surface area (Å²) in [6.45, 7) is 0. The van der Waals surface area contributed by atoms with Crippen molar-refractivity contribution in [3.8, 4) is 5.75 Å². The number of carbonyl (C=O) groups is 1. The van der Waals surface area contributed by atoms with Crippen molar-refractivity contribution in [1.82, 2.24) is 5.32 Å². The van der Waals surface area contributed by atoms with Crippen molar-refractivity contribution >= 4 is 29.3 Å². The van der Waals surface area contributed by atoms with Crippen molar-refractivity contribution < 1.29 is 9.90 Å². The third kappa shape index (κ3) is 3.01. The Balaban J connectivity index is 1.85. The zero-order valence-electron chi connectivity index (χ0n) is 11.2. The highest BCUT2D eigenvalue weighted by Gasteiger charge is 2.23. The Morgan fingerprint density at radius 2 is 2.10 bits per heavy atom. The van der Waals surface area contributed by atoms with Crippen molar-refractivity contribution in [2.24, 2.45) is 0 Å². The van der Waals surface area contributed by atoms with E-state index in [1.807, 2.05) is 18.2 Å². The topological polar surface area (TPSA) is 49.3 Å². The SMILES string of the molecule is O=C(NC1CCSc2ccc(Cl)cc21)c1ccccc1O. The summed E-state index contributed by atoms with van der Waals surface area (Å²) < 4.78 is 0. The van der Waals surface area contributed by atoms with Gasteiger partial charge in [0.25, 0.3) is 5.91 Å². The highest BCUT2D eigenvalue weighted by atomic mass is 35.5. The summed E-state index contributed by atoms with van der Waals surface area (Å²) in [5.74, 6) is 0.669. The van der Waals surface area contributed by atoms with E-state index in [1.54, 1.807) is 30.0 Å². The Hall–Kier alpha value is -1.65. The molecule has 2 aromatic rings. The smallest absolute Gasteiger partial charge is 0.255 e. The Bertz CT molecular complexity index is 690. The molecule has 1 unspecified atom stereocenters. The molecule has 2 aromatic carbocycles. The van der Waals surface area contributed by atoms with Crippen LogP contribution in [0.15, 0.2) is 47.4 Å². The summed E-state index contributed by atoms with van der Waals surface area (Å²) in [4.78, 5) is 13.5. The lowest BCUT2D eigenvalue weighted by Gasteiger charge is -2.26. The minimum absolute atomic E-state index is 0.00787. The largest absolute Gasteiger partial charge is 0.507 e. The maximum absolute atomic E-state index is 12.3. The number of para-hydroxylation sites is 1. The summed E-state index contributed by atoms with van der Waals surface area (Å²) in [6.07, 6.45) is 0.845. The third-order valence-electron chi connectivity index (χ3n) is 3.47. The fourth-order valence-corrected chi connectivity index (χ4v) is 3.70. The van der Waals surface area contributed by atoms with Crippen LogP contribution in [0.3, 0.4) is 0 Å². The van der Waals surface area contributed by atoms with Crippen LogP contribution in [0.1, 0.15) is 28.4 Å². The summed E-state index contributed by atoms with van der Waals surface area (Å²) >= 11 is 7.83. The quantitative estimate of drug-likeness (QED) is 0.879. The van der Waals surface area contributed by atoms with Crippen LogP contribution in [0.2, 0.25) is 5.02 Å². The summed E-state index contributed by atoms with van der Waals surface area (Å²) in [5, 5.41) is 13.4. The van der Waals surface area contributed by atoms with Gasteiger partial charge < -0.3 is 10.4 Å². The molecule has 0 aliphatic carbocycles. The second kappa shape index (κ2) is 6.00. The van der Waals surface area contributed by atoms with Gasteiger partial charge in [0.2, 0.25) is 0 Å². The molecule has 21 heavy (non-hydrogen) atoms. The summed E-state index contributed by atoms with van der Waals surface area (Å²) in [6, 6.07) is 12.2. The van der Waals surface area contributed by atoms with Gasteiger partial charge in [-0.25, -0.2) is 0 Å². The van der Waals surface area contributed by atoms with Crippen molar-refractivity contribution in [3.63, 3.8) is 0 Å². The molecule has 1 heterocycles. The minimum atomic E-state index is -0.268. The first-order chi connectivity index (χ1) is 10.1. The first-order valence-electron chi connectivity index (χ1n) is 6.66. The first-order valence-corrected chi connectivity index (χ1v) is 8.02. The molecule has 3 nitrogen and oxygen atoms in total. The van der Waals surface area contributed by atoms with Crippen molar-refractivity contribution in [2.45, 2.75) is 17.4 Å². The van der Waals surface area contributed by atoms with Crippen molar-refractivity contribution in [2.75, 3.05) is 5.75 Å². The van der Waals surface area contributed by atoms with Crippen LogP contribution in [0, 0.1) is 0 Å². The number of aromatic hydroxyl groups is 1. The number of hydrogen-bond acceptors (Lipinski definition) is 3. The maximum Gasteiger partial charge on any atom is 0.255 e. The zero-order valence-corrected chi connectivity index (χ0v) is 12.7. The summed E-state index contributed by atoms with van der Waals surface area (Å²) in [5.41, 5.74) is 1.34. The number of halogens is 1. The minimum Gasteiger partial charge on any atom is -0.507 e. The van der Waals surface area contributed by atoms with Crippen molar-refractivity contribution in [1.29, 1.82) is 0 Å². The Labute approximate surface area is 132 Å². The van der Waals surface area contributed by atoms with Gasteiger partial charge in [-0.1, -0.05) is 23.7 Å². The zero-order chi connectivity index (χ0) is 14.8. The van der Waals surface area contributed by atoms with E-state index in [9.17, 15) is 9.90 Å². The van der Waals surface area contributed by atoms with E-state index in [0.29, 0.717) is 10.6 Å². The van der Waals surface area contributed by atoms with E-state index in [4.69, 9.17) is 11.6 Å². The predicted molar refractivity (Wildman–Crippen MR) is 85.1 cm³/mol. The molecule has 1 aliphatic heterocycles. The molecular weight excluding hydrogens is 306 g/mol. The second-order valence-electron chi connectivity index (χ2n) is 4.86. The molecule has 0 saturated heterocycles. The molecule has 0 bridgehead atoms. The van der Waals surface area contributed by atoms with Crippen LogP contribution in [-0.4, -0.2) is 16.8 Å². The third-order valence-corrected chi connectivity index (χ3v) is 4.82. The van der Waals surface area contributed by atoms with Gasteiger partial charge in [-0.05, 0) is 42.3 Å². The maximum atomic E-state index is 12.3. The molecule has 108 valence electrons. The van der Waals surface area contributed by atoms with Crippen LogP contribution in [0.4, 0.5) is 0 Å². The predicted octanol–water partition coefficient (Wildman–Crippen LogP) is 4.01. The molecule has 0 radical (unpaired) electrons. The van der Waals surface area contributed by atoms with E-state index in [1.165, 1.54) is 6.07 Å². The molecule has 1 amide bonds. The van der Waals surface area contributed by atoms with Crippen LogP contribution in [0.25, 0.3) is 0 Å². The molecular formula is C16H14ClNO2S. The first kappa shape index (κ1) is 14.3. The number of amides is 1. The van der Waals surface area contributed by atoms with Gasteiger partial charge in [-0.3, -0.25) is 4.79 Å². The second-order valence-corrected chi connectivity index (χ2v) is 6.44. The van der Waals surface area contributed by atoms with E-state index < -0.39 is 0 Å². The number of phenolic OH excluding ortho intramolecular Hbond substituents is 1.